The zero-order valence-electron chi connectivity index (χ0n) is 14.8. The van der Waals surface area contributed by atoms with Gasteiger partial charge in [0.2, 0.25) is 0 Å². The van der Waals surface area contributed by atoms with Crippen molar-refractivity contribution < 1.29 is 0 Å². The van der Waals surface area contributed by atoms with Gasteiger partial charge in [0.25, 0.3) is 5.56 Å². The van der Waals surface area contributed by atoms with Crippen molar-refractivity contribution in [2.24, 2.45) is 11.8 Å². The lowest BCUT2D eigenvalue weighted by atomic mass is 9.81. The Balaban J connectivity index is 1.95. The highest BCUT2D eigenvalue weighted by Crippen LogP contribution is 2.35. The topological polar surface area (TPSA) is 34.9 Å². The van der Waals surface area contributed by atoms with Gasteiger partial charge in [0.05, 0.1) is 16.6 Å². The highest BCUT2D eigenvalue weighted by Gasteiger charge is 2.23. The Labute approximate surface area is 149 Å². The highest BCUT2D eigenvalue weighted by molar-refractivity contribution is 7.99. The van der Waals surface area contributed by atoms with Crippen LogP contribution in [0.25, 0.3) is 0 Å². The predicted molar refractivity (Wildman–Crippen MR) is 99.6 cm³/mol. The molecule has 130 valence electrons. The molecule has 1 heterocycles. The van der Waals surface area contributed by atoms with Crippen LogP contribution in [0.3, 0.4) is 0 Å². The minimum atomic E-state index is -0.346. The lowest BCUT2D eigenvalue weighted by Gasteiger charge is -2.28. The fraction of sp³-hybridized carbons (Fsp3) is 0.778. The third kappa shape index (κ3) is 4.99. The molecule has 0 aromatic carbocycles. The van der Waals surface area contributed by atoms with E-state index in [0.717, 1.165) is 22.5 Å². The van der Waals surface area contributed by atoms with Gasteiger partial charge in [0.15, 0.2) is 0 Å². The molecule has 0 bridgehead atoms. The molecule has 0 spiro atoms. The molecule has 0 atom stereocenters. The first kappa shape index (κ1) is 18.9. The SMILES string of the molecule is CCCC1CCC(CSc2cnn(C(C)(C)C)c(=O)c2Cl)CC1. The van der Waals surface area contributed by atoms with E-state index in [1.54, 1.807) is 18.0 Å². The van der Waals surface area contributed by atoms with Crippen LogP contribution in [-0.4, -0.2) is 15.5 Å². The average Bonchev–Trinajstić information content (AvgIpc) is 2.49. The summed E-state index contributed by atoms with van der Waals surface area (Å²) in [6, 6.07) is 0. The maximum Gasteiger partial charge on any atom is 0.287 e. The van der Waals surface area contributed by atoms with Gasteiger partial charge in [0, 0.05) is 5.75 Å². The van der Waals surface area contributed by atoms with Gasteiger partial charge in [-0.15, -0.1) is 11.8 Å². The minimum Gasteiger partial charge on any atom is -0.266 e. The summed E-state index contributed by atoms with van der Waals surface area (Å²) < 4.78 is 1.47. The van der Waals surface area contributed by atoms with Gasteiger partial charge in [-0.25, -0.2) is 4.68 Å². The third-order valence-electron chi connectivity index (χ3n) is 4.66. The molecular weight excluding hydrogens is 328 g/mol. The van der Waals surface area contributed by atoms with Crippen molar-refractivity contribution >= 4 is 23.4 Å². The van der Waals surface area contributed by atoms with Crippen LogP contribution in [0.15, 0.2) is 15.9 Å². The van der Waals surface area contributed by atoms with E-state index in [1.807, 2.05) is 20.8 Å². The van der Waals surface area contributed by atoms with Crippen molar-refractivity contribution in [3.05, 3.63) is 21.6 Å². The average molecular weight is 357 g/mol. The minimum absolute atomic E-state index is 0.184. The van der Waals surface area contributed by atoms with E-state index in [9.17, 15) is 4.79 Å². The van der Waals surface area contributed by atoms with Crippen molar-refractivity contribution in [1.29, 1.82) is 0 Å². The van der Waals surface area contributed by atoms with E-state index in [4.69, 9.17) is 11.6 Å². The van der Waals surface area contributed by atoms with Gasteiger partial charge in [-0.3, -0.25) is 4.79 Å². The zero-order chi connectivity index (χ0) is 17.0. The van der Waals surface area contributed by atoms with Gasteiger partial charge in [-0.2, -0.15) is 5.10 Å². The fourth-order valence-electron chi connectivity index (χ4n) is 3.30. The molecule has 0 saturated heterocycles. The van der Waals surface area contributed by atoms with Gasteiger partial charge in [0.1, 0.15) is 5.02 Å². The second-order valence-electron chi connectivity index (χ2n) is 7.70. The maximum absolute atomic E-state index is 12.4. The number of hydrogen-bond donors (Lipinski definition) is 0. The summed E-state index contributed by atoms with van der Waals surface area (Å²) in [5.41, 5.74) is -0.530. The number of aromatic nitrogens is 2. The molecule has 0 amide bonds. The Morgan fingerprint density at radius 3 is 2.43 bits per heavy atom. The van der Waals surface area contributed by atoms with Gasteiger partial charge >= 0.3 is 0 Å². The molecule has 0 radical (unpaired) electrons. The molecule has 0 N–H and O–H groups in total. The summed E-state index contributed by atoms with van der Waals surface area (Å²) >= 11 is 7.99. The number of hydrogen-bond acceptors (Lipinski definition) is 3. The lowest BCUT2D eigenvalue weighted by molar-refractivity contribution is 0.279. The quantitative estimate of drug-likeness (QED) is 0.667. The van der Waals surface area contributed by atoms with E-state index in [0.29, 0.717) is 5.02 Å². The lowest BCUT2D eigenvalue weighted by Crippen LogP contribution is -2.36. The summed E-state index contributed by atoms with van der Waals surface area (Å²) in [5.74, 6) is 2.72. The Morgan fingerprint density at radius 1 is 1.26 bits per heavy atom. The second kappa shape index (κ2) is 8.06. The van der Waals surface area contributed by atoms with E-state index in [1.165, 1.54) is 43.2 Å². The summed E-state index contributed by atoms with van der Waals surface area (Å²) in [5, 5.41) is 4.63. The number of nitrogens with zero attached hydrogens (tertiary/aromatic N) is 2. The first-order chi connectivity index (χ1) is 10.8. The fourth-order valence-corrected chi connectivity index (χ4v) is 4.68. The van der Waals surface area contributed by atoms with Crippen molar-refractivity contribution in [3.63, 3.8) is 0 Å². The summed E-state index contributed by atoms with van der Waals surface area (Å²) in [4.78, 5) is 13.2. The van der Waals surface area contributed by atoms with Crippen LogP contribution in [0, 0.1) is 11.8 Å². The van der Waals surface area contributed by atoms with Crippen molar-refractivity contribution in [2.45, 2.75) is 76.7 Å². The van der Waals surface area contributed by atoms with Crippen LogP contribution in [0.5, 0.6) is 0 Å². The summed E-state index contributed by atoms with van der Waals surface area (Å²) in [7, 11) is 0. The molecule has 1 saturated carbocycles. The smallest absolute Gasteiger partial charge is 0.266 e. The number of rotatable bonds is 5. The Bertz CT molecular complexity index is 571. The van der Waals surface area contributed by atoms with E-state index in [-0.39, 0.29) is 11.1 Å². The molecule has 1 aromatic rings. The molecule has 1 aliphatic carbocycles. The molecule has 2 rings (SSSR count). The van der Waals surface area contributed by atoms with Crippen molar-refractivity contribution in [3.8, 4) is 0 Å². The molecule has 23 heavy (non-hydrogen) atoms. The predicted octanol–water partition coefficient (Wildman–Crippen LogP) is 5.35. The molecule has 0 aliphatic heterocycles. The summed E-state index contributed by atoms with van der Waals surface area (Å²) in [6.45, 7) is 8.15. The van der Waals surface area contributed by atoms with Gasteiger partial charge < -0.3 is 0 Å². The maximum atomic E-state index is 12.4. The monoisotopic (exact) mass is 356 g/mol. The molecular formula is C18H29ClN2OS. The Morgan fingerprint density at radius 2 is 1.87 bits per heavy atom. The van der Waals surface area contributed by atoms with Crippen LogP contribution >= 0.6 is 23.4 Å². The van der Waals surface area contributed by atoms with Gasteiger partial charge in [-0.05, 0) is 45.4 Å². The molecule has 1 aromatic heterocycles. The number of halogens is 1. The van der Waals surface area contributed by atoms with Crippen LogP contribution in [0.4, 0.5) is 0 Å². The molecule has 0 unspecified atom stereocenters. The molecule has 1 fully saturated rings. The molecule has 1 aliphatic rings. The van der Waals surface area contributed by atoms with Crippen LogP contribution < -0.4 is 5.56 Å². The first-order valence-electron chi connectivity index (χ1n) is 8.74. The molecule has 5 heteroatoms. The van der Waals surface area contributed by atoms with Crippen molar-refractivity contribution in [1.82, 2.24) is 9.78 Å². The van der Waals surface area contributed by atoms with E-state index in [2.05, 4.69) is 12.0 Å². The number of thioether (sulfide) groups is 1. The second-order valence-corrected chi connectivity index (χ2v) is 9.14. The van der Waals surface area contributed by atoms with Crippen LogP contribution in [0.2, 0.25) is 5.02 Å². The van der Waals surface area contributed by atoms with Crippen molar-refractivity contribution in [2.75, 3.05) is 5.75 Å². The highest BCUT2D eigenvalue weighted by atomic mass is 35.5. The Kier molecular flexibility index (Phi) is 6.61. The largest absolute Gasteiger partial charge is 0.287 e. The standard InChI is InChI=1S/C18H29ClN2OS/c1-5-6-13-7-9-14(10-8-13)12-23-15-11-20-21(18(2,3)4)17(22)16(15)19/h11,13-14H,5-10,12H2,1-4H3. The summed E-state index contributed by atoms with van der Waals surface area (Å²) in [6.07, 6.45) is 9.76. The zero-order valence-corrected chi connectivity index (χ0v) is 16.3. The van der Waals surface area contributed by atoms with E-state index < -0.39 is 0 Å². The first-order valence-corrected chi connectivity index (χ1v) is 10.1. The van der Waals surface area contributed by atoms with E-state index >= 15 is 0 Å². The van der Waals surface area contributed by atoms with Crippen LogP contribution in [-0.2, 0) is 5.54 Å². The normalized spacial score (nSPS) is 22.3. The third-order valence-corrected chi connectivity index (χ3v) is 6.40. The van der Waals surface area contributed by atoms with Crippen LogP contribution in [0.1, 0.15) is 66.2 Å². The Hall–Kier alpha value is -0.480. The molecule has 3 nitrogen and oxygen atoms in total. The van der Waals surface area contributed by atoms with Gasteiger partial charge in [-0.1, -0.05) is 44.2 Å².